The maximum atomic E-state index is 6.07. The minimum Gasteiger partial charge on any atom is -0.370 e. The molecule has 0 aliphatic carbocycles. The Balaban J connectivity index is 1.90. The van der Waals surface area contributed by atoms with Crippen LogP contribution in [0.4, 0.5) is 5.82 Å². The van der Waals surface area contributed by atoms with Crippen molar-refractivity contribution >= 4 is 29.0 Å². The smallest absolute Gasteiger partial charge is 0.129 e. The van der Waals surface area contributed by atoms with Crippen LogP contribution in [0, 0.1) is 0 Å². The van der Waals surface area contributed by atoms with Gasteiger partial charge in [0.1, 0.15) is 12.1 Å². The third-order valence-corrected chi connectivity index (χ3v) is 2.88. The van der Waals surface area contributed by atoms with E-state index in [9.17, 15) is 0 Å². The Hall–Kier alpha value is -1.32. The quantitative estimate of drug-likeness (QED) is 0.923. The molecule has 88 valence electrons. The van der Waals surface area contributed by atoms with E-state index < -0.39 is 0 Å². The summed E-state index contributed by atoms with van der Waals surface area (Å²) in [6.07, 6.45) is 4.03. The zero-order valence-corrected chi connectivity index (χ0v) is 10.5. The largest absolute Gasteiger partial charge is 0.370 e. The standard InChI is InChI=1S/C12H11Cl2N3/c13-10-2-1-9(11(14)7-10)3-6-16-12-4-5-15-8-17-12/h1-2,4-5,7-8H,3,6H2,(H,15,16,17). The molecule has 5 heteroatoms. The molecule has 0 radical (unpaired) electrons. The molecule has 0 amide bonds. The highest BCUT2D eigenvalue weighted by Gasteiger charge is 2.01. The molecule has 0 aliphatic heterocycles. The first-order valence-electron chi connectivity index (χ1n) is 5.19. The SMILES string of the molecule is Clc1ccc(CCNc2ccncn2)c(Cl)c1. The van der Waals surface area contributed by atoms with Gasteiger partial charge < -0.3 is 5.32 Å². The van der Waals surface area contributed by atoms with E-state index in [0.717, 1.165) is 24.3 Å². The number of aromatic nitrogens is 2. The highest BCUT2D eigenvalue weighted by atomic mass is 35.5. The number of nitrogens with one attached hydrogen (secondary N) is 1. The second-order valence-electron chi connectivity index (χ2n) is 3.51. The summed E-state index contributed by atoms with van der Waals surface area (Å²) in [5.74, 6) is 0.810. The average molecular weight is 268 g/mol. The van der Waals surface area contributed by atoms with E-state index in [1.54, 1.807) is 12.3 Å². The Morgan fingerprint density at radius 1 is 1.18 bits per heavy atom. The molecule has 1 aromatic carbocycles. The van der Waals surface area contributed by atoms with Crippen LogP contribution >= 0.6 is 23.2 Å². The Bertz CT molecular complexity index is 488. The van der Waals surface area contributed by atoms with Crippen LogP contribution in [-0.2, 0) is 6.42 Å². The van der Waals surface area contributed by atoms with Crippen molar-refractivity contribution < 1.29 is 0 Å². The van der Waals surface area contributed by atoms with Crippen LogP contribution in [-0.4, -0.2) is 16.5 Å². The lowest BCUT2D eigenvalue weighted by Gasteiger charge is -2.06. The molecule has 0 aliphatic rings. The van der Waals surface area contributed by atoms with E-state index in [-0.39, 0.29) is 0 Å². The molecule has 0 unspecified atom stereocenters. The van der Waals surface area contributed by atoms with E-state index >= 15 is 0 Å². The van der Waals surface area contributed by atoms with Gasteiger partial charge in [-0.3, -0.25) is 0 Å². The summed E-state index contributed by atoms with van der Waals surface area (Å²) in [4.78, 5) is 7.92. The van der Waals surface area contributed by atoms with Gasteiger partial charge in [0.05, 0.1) is 0 Å². The average Bonchev–Trinajstić information content (AvgIpc) is 2.33. The zero-order valence-electron chi connectivity index (χ0n) is 9.03. The van der Waals surface area contributed by atoms with Gasteiger partial charge in [-0.15, -0.1) is 0 Å². The summed E-state index contributed by atoms with van der Waals surface area (Å²) >= 11 is 11.9. The summed E-state index contributed by atoms with van der Waals surface area (Å²) in [6, 6.07) is 7.35. The van der Waals surface area contributed by atoms with E-state index in [4.69, 9.17) is 23.2 Å². The van der Waals surface area contributed by atoms with Gasteiger partial charge in [0, 0.05) is 22.8 Å². The van der Waals surface area contributed by atoms with Crippen molar-refractivity contribution in [3.05, 3.63) is 52.4 Å². The fourth-order valence-corrected chi connectivity index (χ4v) is 1.95. The first-order valence-corrected chi connectivity index (χ1v) is 5.95. The van der Waals surface area contributed by atoms with Gasteiger partial charge in [0.25, 0.3) is 0 Å². The van der Waals surface area contributed by atoms with Crippen molar-refractivity contribution in [3.8, 4) is 0 Å². The van der Waals surface area contributed by atoms with Gasteiger partial charge in [0.15, 0.2) is 0 Å². The molecule has 0 saturated carbocycles. The lowest BCUT2D eigenvalue weighted by atomic mass is 10.1. The van der Waals surface area contributed by atoms with Gasteiger partial charge in [-0.1, -0.05) is 29.3 Å². The monoisotopic (exact) mass is 267 g/mol. The molecule has 0 spiro atoms. The van der Waals surface area contributed by atoms with Crippen LogP contribution in [0.5, 0.6) is 0 Å². The Labute approximate surface area is 110 Å². The van der Waals surface area contributed by atoms with Crippen molar-refractivity contribution in [3.63, 3.8) is 0 Å². The first kappa shape index (κ1) is 12.1. The van der Waals surface area contributed by atoms with Crippen molar-refractivity contribution in [1.82, 2.24) is 9.97 Å². The van der Waals surface area contributed by atoms with Crippen molar-refractivity contribution in [2.24, 2.45) is 0 Å². The Morgan fingerprint density at radius 2 is 2.06 bits per heavy atom. The number of hydrogen-bond acceptors (Lipinski definition) is 3. The van der Waals surface area contributed by atoms with Gasteiger partial charge in [-0.2, -0.15) is 0 Å². The molecule has 1 heterocycles. The highest BCUT2D eigenvalue weighted by molar-refractivity contribution is 6.35. The van der Waals surface area contributed by atoms with E-state index in [1.807, 2.05) is 18.2 Å². The number of rotatable bonds is 4. The Kier molecular flexibility index (Phi) is 4.18. The second kappa shape index (κ2) is 5.84. The van der Waals surface area contributed by atoms with Crippen molar-refractivity contribution in [1.29, 1.82) is 0 Å². The number of halogens is 2. The highest BCUT2D eigenvalue weighted by Crippen LogP contribution is 2.21. The van der Waals surface area contributed by atoms with E-state index in [1.165, 1.54) is 6.33 Å². The van der Waals surface area contributed by atoms with Crippen LogP contribution in [0.15, 0.2) is 36.8 Å². The van der Waals surface area contributed by atoms with Crippen LogP contribution < -0.4 is 5.32 Å². The molecule has 1 N–H and O–H groups in total. The van der Waals surface area contributed by atoms with Crippen molar-refractivity contribution in [2.45, 2.75) is 6.42 Å². The van der Waals surface area contributed by atoms with Gasteiger partial charge in [-0.05, 0) is 30.2 Å². The van der Waals surface area contributed by atoms with Crippen LogP contribution in [0.1, 0.15) is 5.56 Å². The fourth-order valence-electron chi connectivity index (χ4n) is 1.44. The zero-order chi connectivity index (χ0) is 12.1. The minimum atomic E-state index is 0.655. The predicted molar refractivity (Wildman–Crippen MR) is 70.7 cm³/mol. The first-order chi connectivity index (χ1) is 8.25. The van der Waals surface area contributed by atoms with E-state index in [2.05, 4.69) is 15.3 Å². The Morgan fingerprint density at radius 3 is 2.76 bits per heavy atom. The van der Waals surface area contributed by atoms with E-state index in [0.29, 0.717) is 10.0 Å². The maximum absolute atomic E-state index is 6.07. The number of hydrogen-bond donors (Lipinski definition) is 1. The summed E-state index contributed by atoms with van der Waals surface area (Å²) in [7, 11) is 0. The summed E-state index contributed by atoms with van der Waals surface area (Å²) in [5, 5.41) is 4.54. The number of anilines is 1. The molecular formula is C12H11Cl2N3. The molecule has 0 atom stereocenters. The molecule has 0 fully saturated rings. The van der Waals surface area contributed by atoms with Gasteiger partial charge >= 0.3 is 0 Å². The molecular weight excluding hydrogens is 257 g/mol. The van der Waals surface area contributed by atoms with Gasteiger partial charge in [-0.25, -0.2) is 9.97 Å². The molecule has 0 bridgehead atoms. The second-order valence-corrected chi connectivity index (χ2v) is 4.35. The third kappa shape index (κ3) is 3.58. The summed E-state index contributed by atoms with van der Waals surface area (Å²) in [5.41, 5.74) is 1.07. The normalized spacial score (nSPS) is 10.2. The molecule has 2 rings (SSSR count). The summed E-state index contributed by atoms with van der Waals surface area (Å²) in [6.45, 7) is 0.762. The molecule has 1 aromatic heterocycles. The van der Waals surface area contributed by atoms with Gasteiger partial charge in [0.2, 0.25) is 0 Å². The van der Waals surface area contributed by atoms with Crippen LogP contribution in [0.3, 0.4) is 0 Å². The van der Waals surface area contributed by atoms with Crippen LogP contribution in [0.25, 0.3) is 0 Å². The molecule has 0 saturated heterocycles. The third-order valence-electron chi connectivity index (χ3n) is 2.30. The predicted octanol–water partition coefficient (Wildman–Crippen LogP) is 3.44. The molecule has 2 aromatic rings. The lowest BCUT2D eigenvalue weighted by Crippen LogP contribution is -2.06. The fraction of sp³-hybridized carbons (Fsp3) is 0.167. The minimum absolute atomic E-state index is 0.655. The topological polar surface area (TPSA) is 37.8 Å². The summed E-state index contributed by atoms with van der Waals surface area (Å²) < 4.78 is 0. The number of benzene rings is 1. The lowest BCUT2D eigenvalue weighted by molar-refractivity contribution is 0.999. The van der Waals surface area contributed by atoms with Crippen LogP contribution in [0.2, 0.25) is 10.0 Å². The molecule has 17 heavy (non-hydrogen) atoms. The molecule has 3 nitrogen and oxygen atoms in total. The number of nitrogens with zero attached hydrogens (tertiary/aromatic N) is 2. The maximum Gasteiger partial charge on any atom is 0.129 e. The van der Waals surface area contributed by atoms with Crippen molar-refractivity contribution in [2.75, 3.05) is 11.9 Å².